The molecule has 1 unspecified atom stereocenters. The molecule has 2 aliphatic rings. The van der Waals surface area contributed by atoms with E-state index >= 15 is 0 Å². The maximum absolute atomic E-state index is 12.5. The second-order valence-corrected chi connectivity index (χ2v) is 8.75. The molecule has 1 N–H and O–H groups in total. The smallest absolute Gasteiger partial charge is 0.281 e. The molecule has 0 aromatic rings. The zero-order valence-corrected chi connectivity index (χ0v) is 14.4. The Bertz CT molecular complexity index is 425. The average Bonchev–Trinajstić information content (AvgIpc) is 3.16. The monoisotopic (exact) mass is 318 g/mol. The molecular weight excluding hydrogens is 288 g/mol. The van der Waals surface area contributed by atoms with Gasteiger partial charge in [0, 0.05) is 39.8 Å². The molecule has 0 radical (unpaired) electrons. The van der Waals surface area contributed by atoms with Crippen LogP contribution in [0, 0.1) is 5.92 Å². The number of nitrogens with one attached hydrogen (secondary N) is 1. The average molecular weight is 318 g/mol. The van der Waals surface area contributed by atoms with Gasteiger partial charge in [0.05, 0.1) is 0 Å². The van der Waals surface area contributed by atoms with E-state index in [4.69, 9.17) is 0 Å². The first-order valence-corrected chi connectivity index (χ1v) is 9.39. The van der Waals surface area contributed by atoms with Crippen molar-refractivity contribution in [3.8, 4) is 0 Å². The molecule has 6 nitrogen and oxygen atoms in total. The Morgan fingerprint density at radius 1 is 1.19 bits per heavy atom. The summed E-state index contributed by atoms with van der Waals surface area (Å²) >= 11 is 0. The SMILES string of the molecule is CN1CCC(CN(C)S(=O)(=O)N(C)CCCNC2CC2)C1. The zero-order valence-electron chi connectivity index (χ0n) is 13.6. The summed E-state index contributed by atoms with van der Waals surface area (Å²) in [5.74, 6) is 0.458. The maximum Gasteiger partial charge on any atom is 0.281 e. The predicted molar refractivity (Wildman–Crippen MR) is 85.4 cm³/mol. The third-order valence-corrected chi connectivity index (χ3v) is 6.36. The summed E-state index contributed by atoms with van der Waals surface area (Å²) in [5, 5.41) is 3.42. The molecule has 0 bridgehead atoms. The van der Waals surface area contributed by atoms with Crippen molar-refractivity contribution in [2.45, 2.75) is 31.7 Å². The lowest BCUT2D eigenvalue weighted by Crippen LogP contribution is -2.42. The summed E-state index contributed by atoms with van der Waals surface area (Å²) in [6, 6.07) is 0.689. The lowest BCUT2D eigenvalue weighted by Gasteiger charge is -2.26. The fourth-order valence-corrected chi connectivity index (χ4v) is 4.12. The van der Waals surface area contributed by atoms with E-state index in [1.54, 1.807) is 14.1 Å². The van der Waals surface area contributed by atoms with Crippen LogP contribution >= 0.6 is 0 Å². The Hall–Kier alpha value is -0.210. The van der Waals surface area contributed by atoms with Gasteiger partial charge in [0.25, 0.3) is 10.2 Å². The number of rotatable bonds is 9. The minimum atomic E-state index is -3.31. The Morgan fingerprint density at radius 3 is 2.48 bits per heavy atom. The fraction of sp³-hybridized carbons (Fsp3) is 1.00. The highest BCUT2D eigenvalue weighted by atomic mass is 32.2. The molecular formula is C14H30N4O2S. The number of nitrogens with zero attached hydrogens (tertiary/aromatic N) is 3. The van der Waals surface area contributed by atoms with Crippen molar-refractivity contribution < 1.29 is 8.42 Å². The van der Waals surface area contributed by atoms with Crippen LogP contribution in [0.3, 0.4) is 0 Å². The van der Waals surface area contributed by atoms with Crippen molar-refractivity contribution in [3.63, 3.8) is 0 Å². The minimum absolute atomic E-state index is 0.458. The van der Waals surface area contributed by atoms with Crippen LogP contribution in [0.25, 0.3) is 0 Å². The molecule has 1 atom stereocenters. The maximum atomic E-state index is 12.5. The summed E-state index contributed by atoms with van der Waals surface area (Å²) in [6.07, 6.45) is 4.50. The van der Waals surface area contributed by atoms with Gasteiger partial charge in [-0.15, -0.1) is 0 Å². The van der Waals surface area contributed by atoms with Gasteiger partial charge >= 0.3 is 0 Å². The molecule has 0 aromatic carbocycles. The number of hydrogen-bond donors (Lipinski definition) is 1. The van der Waals surface area contributed by atoms with Crippen LogP contribution in [0.2, 0.25) is 0 Å². The summed E-state index contributed by atoms with van der Waals surface area (Å²) in [7, 11) is 2.17. The Labute approximate surface area is 129 Å². The molecule has 2 rings (SSSR count). The summed E-state index contributed by atoms with van der Waals surface area (Å²) in [4.78, 5) is 2.26. The van der Waals surface area contributed by atoms with Crippen molar-refractivity contribution >= 4 is 10.2 Å². The summed E-state index contributed by atoms with van der Waals surface area (Å²) < 4.78 is 27.9. The molecule has 1 saturated carbocycles. The molecule has 0 spiro atoms. The molecule has 124 valence electrons. The quantitative estimate of drug-likeness (QED) is 0.617. The van der Waals surface area contributed by atoms with Crippen LogP contribution in [0.1, 0.15) is 25.7 Å². The van der Waals surface area contributed by atoms with Crippen LogP contribution in [0.5, 0.6) is 0 Å². The van der Waals surface area contributed by atoms with Crippen molar-refractivity contribution in [2.75, 3.05) is 53.9 Å². The highest BCUT2D eigenvalue weighted by molar-refractivity contribution is 7.86. The zero-order chi connectivity index (χ0) is 15.5. The Morgan fingerprint density at radius 2 is 1.90 bits per heavy atom. The van der Waals surface area contributed by atoms with E-state index in [2.05, 4.69) is 17.3 Å². The highest BCUT2D eigenvalue weighted by Crippen LogP contribution is 2.19. The van der Waals surface area contributed by atoms with Crippen molar-refractivity contribution in [2.24, 2.45) is 5.92 Å². The first-order chi connectivity index (χ1) is 9.89. The molecule has 1 saturated heterocycles. The van der Waals surface area contributed by atoms with Gasteiger partial charge < -0.3 is 10.2 Å². The van der Waals surface area contributed by atoms with E-state index in [-0.39, 0.29) is 0 Å². The van der Waals surface area contributed by atoms with Gasteiger partial charge in [-0.1, -0.05) is 0 Å². The van der Waals surface area contributed by atoms with Gasteiger partial charge in [-0.05, 0) is 51.7 Å². The van der Waals surface area contributed by atoms with Crippen LogP contribution in [-0.4, -0.2) is 81.8 Å². The van der Waals surface area contributed by atoms with Crippen LogP contribution < -0.4 is 5.32 Å². The fourth-order valence-electron chi connectivity index (χ4n) is 2.88. The Kier molecular flexibility index (Phi) is 6.02. The van der Waals surface area contributed by atoms with E-state index in [1.165, 1.54) is 21.5 Å². The second-order valence-electron chi connectivity index (χ2n) is 6.61. The lowest BCUT2D eigenvalue weighted by molar-refractivity contribution is 0.335. The van der Waals surface area contributed by atoms with Gasteiger partial charge in [-0.3, -0.25) is 0 Å². The summed E-state index contributed by atoms with van der Waals surface area (Å²) in [5.41, 5.74) is 0. The molecule has 7 heteroatoms. The summed E-state index contributed by atoms with van der Waals surface area (Å²) in [6.45, 7) is 4.17. The van der Waals surface area contributed by atoms with Crippen molar-refractivity contribution in [1.82, 2.24) is 18.8 Å². The van der Waals surface area contributed by atoms with Crippen LogP contribution in [0.4, 0.5) is 0 Å². The molecule has 0 amide bonds. The molecule has 1 aliphatic carbocycles. The lowest BCUT2D eigenvalue weighted by atomic mass is 10.1. The van der Waals surface area contributed by atoms with E-state index in [0.717, 1.165) is 32.5 Å². The Balaban J connectivity index is 1.72. The third kappa shape index (κ3) is 5.17. The van der Waals surface area contributed by atoms with E-state index in [0.29, 0.717) is 25.0 Å². The van der Waals surface area contributed by atoms with E-state index < -0.39 is 10.2 Å². The van der Waals surface area contributed by atoms with Crippen molar-refractivity contribution in [3.05, 3.63) is 0 Å². The number of hydrogen-bond acceptors (Lipinski definition) is 4. The van der Waals surface area contributed by atoms with Crippen LogP contribution in [0.15, 0.2) is 0 Å². The van der Waals surface area contributed by atoms with E-state index in [1.807, 2.05) is 0 Å². The van der Waals surface area contributed by atoms with Crippen molar-refractivity contribution in [1.29, 1.82) is 0 Å². The predicted octanol–water partition coefficient (Wildman–Crippen LogP) is 0.189. The van der Waals surface area contributed by atoms with Gasteiger partial charge in [0.1, 0.15) is 0 Å². The molecule has 0 aromatic heterocycles. The highest BCUT2D eigenvalue weighted by Gasteiger charge is 2.28. The van der Waals surface area contributed by atoms with E-state index in [9.17, 15) is 8.42 Å². The largest absolute Gasteiger partial charge is 0.314 e. The molecule has 2 fully saturated rings. The van der Waals surface area contributed by atoms with Gasteiger partial charge in [-0.2, -0.15) is 17.0 Å². The standard InChI is InChI=1S/C14H30N4O2S/c1-16-10-7-13(11-16)12-18(3)21(19,20)17(2)9-4-8-15-14-5-6-14/h13-15H,4-12H2,1-3H3. The molecule has 1 aliphatic heterocycles. The minimum Gasteiger partial charge on any atom is -0.314 e. The van der Waals surface area contributed by atoms with Crippen LogP contribution in [-0.2, 0) is 10.2 Å². The second kappa shape index (κ2) is 7.37. The third-order valence-electron chi connectivity index (χ3n) is 4.45. The number of likely N-dealkylation sites (tertiary alicyclic amines) is 1. The first-order valence-electron chi connectivity index (χ1n) is 7.99. The van der Waals surface area contributed by atoms with Gasteiger partial charge in [0.15, 0.2) is 0 Å². The molecule has 21 heavy (non-hydrogen) atoms. The first kappa shape index (κ1) is 17.1. The normalized spacial score (nSPS) is 24.3. The molecule has 1 heterocycles. The topological polar surface area (TPSA) is 55.9 Å². The van der Waals surface area contributed by atoms with Gasteiger partial charge in [-0.25, -0.2) is 0 Å². The van der Waals surface area contributed by atoms with Gasteiger partial charge in [0.2, 0.25) is 0 Å².